The minimum Gasteiger partial charge on any atom is -0.463 e. The highest BCUT2D eigenvalue weighted by atomic mass is 16.6. The lowest BCUT2D eigenvalue weighted by atomic mass is 9.79. The maximum atomic E-state index is 12.9. The third-order valence-corrected chi connectivity index (χ3v) is 5.78. The normalized spacial score (nSPS) is 17.6. The van der Waals surface area contributed by atoms with Crippen molar-refractivity contribution in [2.45, 2.75) is 45.4 Å². The molecule has 30 heavy (non-hydrogen) atoms. The molecular formula is C22H24N4O4. The average molecular weight is 408 g/mol. The summed E-state index contributed by atoms with van der Waals surface area (Å²) in [5.74, 6) is -0.309. The van der Waals surface area contributed by atoms with Gasteiger partial charge in [-0.3, -0.25) is 10.1 Å². The number of nitrogen functional groups attached to an aromatic ring is 1. The van der Waals surface area contributed by atoms with Crippen LogP contribution in [0.4, 0.5) is 17.2 Å². The molecule has 156 valence electrons. The molecule has 1 atom stereocenters. The first-order valence-electron chi connectivity index (χ1n) is 10.1. The maximum absolute atomic E-state index is 12.9. The number of nitrogens with zero attached hydrogens (tertiary/aromatic N) is 2. The van der Waals surface area contributed by atoms with Crippen molar-refractivity contribution in [1.29, 1.82) is 0 Å². The van der Waals surface area contributed by atoms with E-state index in [4.69, 9.17) is 15.5 Å². The number of nitro benzene ring substituents is 1. The molecule has 8 heteroatoms. The summed E-state index contributed by atoms with van der Waals surface area (Å²) in [4.78, 5) is 28.4. The number of carbonyl (C=O) groups excluding carboxylic acids is 1. The molecule has 0 fully saturated rings. The minimum atomic E-state index is -0.513. The second-order valence-electron chi connectivity index (χ2n) is 7.59. The molecule has 2 aliphatic rings. The van der Waals surface area contributed by atoms with Crippen LogP contribution in [-0.4, -0.2) is 22.5 Å². The Morgan fingerprint density at radius 3 is 2.67 bits per heavy atom. The van der Waals surface area contributed by atoms with Crippen molar-refractivity contribution < 1.29 is 14.5 Å². The van der Waals surface area contributed by atoms with Gasteiger partial charge < -0.3 is 15.8 Å². The van der Waals surface area contributed by atoms with Gasteiger partial charge in [0.25, 0.3) is 5.69 Å². The topological polar surface area (TPSA) is 120 Å². The van der Waals surface area contributed by atoms with Gasteiger partial charge in [0.15, 0.2) is 0 Å². The van der Waals surface area contributed by atoms with Crippen molar-refractivity contribution in [2.75, 3.05) is 17.7 Å². The molecule has 1 aromatic carbocycles. The second-order valence-corrected chi connectivity index (χ2v) is 7.59. The molecule has 1 aromatic heterocycles. The number of anilines is 2. The summed E-state index contributed by atoms with van der Waals surface area (Å²) in [6.45, 7) is 3.81. The highest BCUT2D eigenvalue weighted by Crippen LogP contribution is 2.46. The molecule has 0 bridgehead atoms. The Morgan fingerprint density at radius 2 is 2.00 bits per heavy atom. The third-order valence-electron chi connectivity index (χ3n) is 5.78. The largest absolute Gasteiger partial charge is 0.463 e. The van der Waals surface area contributed by atoms with Gasteiger partial charge in [-0.05, 0) is 50.7 Å². The zero-order valence-electron chi connectivity index (χ0n) is 17.0. The van der Waals surface area contributed by atoms with Gasteiger partial charge >= 0.3 is 5.97 Å². The van der Waals surface area contributed by atoms with Gasteiger partial charge in [-0.2, -0.15) is 0 Å². The van der Waals surface area contributed by atoms with E-state index in [1.807, 2.05) is 6.92 Å². The summed E-state index contributed by atoms with van der Waals surface area (Å²) in [5.41, 5.74) is 11.9. The number of rotatable bonds is 4. The van der Waals surface area contributed by atoms with E-state index in [0.717, 1.165) is 48.1 Å². The van der Waals surface area contributed by atoms with Crippen molar-refractivity contribution in [3.63, 3.8) is 0 Å². The lowest BCUT2D eigenvalue weighted by Gasteiger charge is -2.32. The van der Waals surface area contributed by atoms with Crippen LogP contribution >= 0.6 is 0 Å². The van der Waals surface area contributed by atoms with Crippen LogP contribution in [0.15, 0.2) is 35.5 Å². The summed E-state index contributed by atoms with van der Waals surface area (Å²) < 4.78 is 5.33. The molecule has 0 amide bonds. The van der Waals surface area contributed by atoms with Crippen LogP contribution in [0.2, 0.25) is 0 Å². The fraction of sp³-hybridized carbons (Fsp3) is 0.364. The number of nitrogens with two attached hydrogens (primary N) is 1. The lowest BCUT2D eigenvalue weighted by Crippen LogP contribution is -2.27. The first-order valence-corrected chi connectivity index (χ1v) is 10.1. The first kappa shape index (κ1) is 19.9. The Morgan fingerprint density at radius 1 is 1.30 bits per heavy atom. The summed E-state index contributed by atoms with van der Waals surface area (Å²) >= 11 is 0. The van der Waals surface area contributed by atoms with Crippen molar-refractivity contribution in [2.24, 2.45) is 0 Å². The van der Waals surface area contributed by atoms with E-state index in [0.29, 0.717) is 22.8 Å². The number of hydrogen-bond donors (Lipinski definition) is 2. The Bertz CT molecular complexity index is 1060. The molecule has 2 heterocycles. The highest BCUT2D eigenvalue weighted by molar-refractivity contribution is 5.95. The van der Waals surface area contributed by atoms with Gasteiger partial charge in [-0.1, -0.05) is 12.1 Å². The Labute approximate surface area is 174 Å². The molecule has 1 aliphatic carbocycles. The predicted octanol–water partition coefficient (Wildman–Crippen LogP) is 3.85. The molecule has 0 unspecified atom stereocenters. The van der Waals surface area contributed by atoms with Crippen LogP contribution in [0.5, 0.6) is 0 Å². The van der Waals surface area contributed by atoms with Crippen LogP contribution < -0.4 is 11.1 Å². The van der Waals surface area contributed by atoms with Gasteiger partial charge in [0.1, 0.15) is 5.82 Å². The number of nitrogens with one attached hydrogen (secondary N) is 1. The zero-order valence-corrected chi connectivity index (χ0v) is 17.0. The van der Waals surface area contributed by atoms with Crippen molar-refractivity contribution in [1.82, 2.24) is 4.98 Å². The zero-order chi connectivity index (χ0) is 21.4. The Balaban J connectivity index is 1.93. The summed E-state index contributed by atoms with van der Waals surface area (Å²) in [6, 6.07) is 6.22. The van der Waals surface area contributed by atoms with Gasteiger partial charge in [0.05, 0.1) is 17.1 Å². The van der Waals surface area contributed by atoms with Gasteiger partial charge in [-0.15, -0.1) is 0 Å². The number of aromatic nitrogens is 1. The van der Waals surface area contributed by atoms with Crippen molar-refractivity contribution in [3.05, 3.63) is 68.0 Å². The lowest BCUT2D eigenvalue weighted by molar-refractivity contribution is -0.384. The van der Waals surface area contributed by atoms with Crippen molar-refractivity contribution >= 4 is 23.2 Å². The summed E-state index contributed by atoms with van der Waals surface area (Å²) in [6.07, 6.45) is 3.86. The molecule has 1 aliphatic heterocycles. The van der Waals surface area contributed by atoms with E-state index in [1.54, 1.807) is 19.1 Å². The smallest absolute Gasteiger partial charge is 0.336 e. The number of aryl methyl sites for hydroxylation is 1. The summed E-state index contributed by atoms with van der Waals surface area (Å²) in [7, 11) is 0. The fourth-order valence-corrected chi connectivity index (χ4v) is 4.38. The molecular weight excluding hydrogens is 384 g/mol. The molecule has 0 spiro atoms. The van der Waals surface area contributed by atoms with E-state index < -0.39 is 16.8 Å². The Kier molecular flexibility index (Phi) is 5.15. The van der Waals surface area contributed by atoms with Gasteiger partial charge in [0, 0.05) is 40.7 Å². The van der Waals surface area contributed by atoms with Gasteiger partial charge in [0.2, 0.25) is 0 Å². The van der Waals surface area contributed by atoms with Crippen molar-refractivity contribution in [3.8, 4) is 0 Å². The third kappa shape index (κ3) is 3.28. The molecule has 0 saturated carbocycles. The first-order chi connectivity index (χ1) is 14.4. The Hall–Kier alpha value is -3.42. The summed E-state index contributed by atoms with van der Waals surface area (Å²) in [5, 5.41) is 14.3. The number of pyridine rings is 1. The molecule has 8 nitrogen and oxygen atoms in total. The number of non-ortho nitro benzene ring substituents is 1. The van der Waals surface area contributed by atoms with Crippen LogP contribution in [0, 0.1) is 10.1 Å². The molecule has 0 saturated heterocycles. The van der Waals surface area contributed by atoms with E-state index >= 15 is 0 Å². The highest BCUT2D eigenvalue weighted by Gasteiger charge is 2.37. The van der Waals surface area contributed by atoms with Crippen LogP contribution in [0.25, 0.3) is 0 Å². The number of allylic oxidation sites excluding steroid dienone is 1. The fourth-order valence-electron chi connectivity index (χ4n) is 4.38. The number of ether oxygens (including phenoxy) is 1. The van der Waals surface area contributed by atoms with Crippen LogP contribution in [0.3, 0.4) is 0 Å². The van der Waals surface area contributed by atoms with Gasteiger partial charge in [-0.25, -0.2) is 9.78 Å². The van der Waals surface area contributed by atoms with E-state index in [1.165, 1.54) is 12.1 Å². The van der Waals surface area contributed by atoms with E-state index in [2.05, 4.69) is 5.32 Å². The number of esters is 1. The molecule has 0 radical (unpaired) electrons. The maximum Gasteiger partial charge on any atom is 0.336 e. The average Bonchev–Trinajstić information content (AvgIpc) is 2.73. The SMILES string of the molecule is CCOC(=O)C1=C(C)Nc2nc3c(c(N)c2[C@H]1c1ccc([N+](=O)[O-])cc1)CCCC3. The number of fused-ring (bicyclic) bond motifs is 2. The number of nitro groups is 1. The molecule has 3 N–H and O–H groups in total. The predicted molar refractivity (Wildman–Crippen MR) is 113 cm³/mol. The minimum absolute atomic E-state index is 0.0113. The van der Waals surface area contributed by atoms with Crippen LogP contribution in [-0.2, 0) is 22.4 Å². The molecule has 2 aromatic rings. The number of carbonyl (C=O) groups is 1. The number of hydrogen-bond acceptors (Lipinski definition) is 7. The quantitative estimate of drug-likeness (QED) is 0.448. The van der Waals surface area contributed by atoms with E-state index in [-0.39, 0.29) is 12.3 Å². The monoisotopic (exact) mass is 408 g/mol. The number of benzene rings is 1. The second kappa shape index (κ2) is 7.78. The van der Waals surface area contributed by atoms with Crippen LogP contribution in [0.1, 0.15) is 55.0 Å². The molecule has 4 rings (SSSR count). The standard InChI is InChI=1S/C22H24N4O4/c1-3-30-22(27)17-12(2)24-21-19(20(23)15-6-4-5-7-16(15)25-21)18(17)13-8-10-14(11-9-13)26(28)29/h8-11,18H,3-7H2,1-2H3,(H3,23,24,25)/t18-/m0/s1. The van der Waals surface area contributed by atoms with E-state index in [9.17, 15) is 14.9 Å².